The van der Waals surface area contributed by atoms with E-state index in [0.717, 1.165) is 12.4 Å². The number of unbranched alkanes of at least 4 members (excludes halogenated alkanes) is 1. The molecule has 62 valence electrons. The summed E-state index contributed by atoms with van der Waals surface area (Å²) in [5.41, 5.74) is 0. The quantitative estimate of drug-likeness (QED) is 0.704. The van der Waals surface area contributed by atoms with Crippen molar-refractivity contribution in [1.29, 1.82) is 0 Å². The Morgan fingerprint density at radius 3 is 3.00 bits per heavy atom. The number of hydrogen-bond donors (Lipinski definition) is 1. The van der Waals surface area contributed by atoms with Crippen molar-refractivity contribution in [2.75, 3.05) is 18.5 Å². The summed E-state index contributed by atoms with van der Waals surface area (Å²) in [4.78, 5) is 2.09. The molecule has 0 aromatic carbocycles. The molecule has 0 aliphatic carbocycles. The van der Waals surface area contributed by atoms with E-state index in [2.05, 4.69) is 27.2 Å². The van der Waals surface area contributed by atoms with E-state index in [9.17, 15) is 0 Å². The summed E-state index contributed by atoms with van der Waals surface area (Å²) in [5, 5.41) is 10.2. The Labute approximate surface area is 66.6 Å². The van der Waals surface area contributed by atoms with Gasteiger partial charge in [0, 0.05) is 13.6 Å². The first-order chi connectivity index (χ1) is 5.34. The van der Waals surface area contributed by atoms with E-state index >= 15 is 0 Å². The molecule has 4 nitrogen and oxygen atoms in total. The summed E-state index contributed by atoms with van der Waals surface area (Å²) in [6.07, 6.45) is 4.21. The summed E-state index contributed by atoms with van der Waals surface area (Å²) in [6.45, 7) is 3.22. The lowest BCUT2D eigenvalue weighted by Crippen LogP contribution is -2.18. The molecule has 0 spiro atoms. The molecule has 1 aromatic rings. The maximum absolute atomic E-state index is 3.89. The zero-order valence-corrected chi connectivity index (χ0v) is 7.04. The first-order valence-electron chi connectivity index (χ1n) is 3.92. The number of anilines is 1. The highest BCUT2D eigenvalue weighted by Crippen LogP contribution is 2.04. The third-order valence-corrected chi connectivity index (χ3v) is 1.64. The van der Waals surface area contributed by atoms with Gasteiger partial charge in [0.25, 0.3) is 0 Å². The highest BCUT2D eigenvalue weighted by Gasteiger charge is 2.00. The van der Waals surface area contributed by atoms with Crippen molar-refractivity contribution in [3.8, 4) is 0 Å². The van der Waals surface area contributed by atoms with Crippen LogP contribution in [-0.4, -0.2) is 29.0 Å². The minimum atomic E-state index is 0.915. The van der Waals surface area contributed by atoms with E-state index in [1.165, 1.54) is 12.8 Å². The van der Waals surface area contributed by atoms with Crippen molar-refractivity contribution in [3.05, 3.63) is 6.20 Å². The van der Waals surface area contributed by atoms with Crippen LogP contribution in [0.25, 0.3) is 0 Å². The maximum atomic E-state index is 3.89. The van der Waals surface area contributed by atoms with Crippen LogP contribution in [0.4, 0.5) is 5.82 Å². The van der Waals surface area contributed by atoms with Crippen molar-refractivity contribution in [2.24, 2.45) is 0 Å². The van der Waals surface area contributed by atoms with Crippen LogP contribution in [0, 0.1) is 0 Å². The number of rotatable bonds is 4. The van der Waals surface area contributed by atoms with E-state index in [1.54, 1.807) is 6.20 Å². The number of nitrogens with one attached hydrogen (secondary N) is 1. The van der Waals surface area contributed by atoms with Gasteiger partial charge in [0.15, 0.2) is 5.82 Å². The van der Waals surface area contributed by atoms with Crippen LogP contribution < -0.4 is 4.90 Å². The monoisotopic (exact) mass is 154 g/mol. The number of aromatic amines is 1. The molecular formula is C7H14N4. The standard InChI is InChI=1S/C7H14N4/c1-3-4-5-11(2)7-6-8-10-9-7/h6H,3-5H2,1-2H3,(H,8,9,10). The van der Waals surface area contributed by atoms with Crippen LogP contribution in [-0.2, 0) is 0 Å². The fourth-order valence-electron chi connectivity index (χ4n) is 0.892. The molecule has 0 aliphatic rings. The van der Waals surface area contributed by atoms with Gasteiger partial charge in [-0.3, -0.25) is 5.10 Å². The van der Waals surface area contributed by atoms with Gasteiger partial charge in [0.05, 0.1) is 6.20 Å². The normalized spacial score (nSPS) is 10.0. The fourth-order valence-corrected chi connectivity index (χ4v) is 0.892. The third-order valence-electron chi connectivity index (χ3n) is 1.64. The molecular weight excluding hydrogens is 140 g/mol. The fraction of sp³-hybridized carbons (Fsp3) is 0.714. The molecule has 0 fully saturated rings. The van der Waals surface area contributed by atoms with E-state index in [-0.39, 0.29) is 0 Å². The second-order valence-electron chi connectivity index (χ2n) is 2.61. The second kappa shape index (κ2) is 3.95. The average Bonchev–Trinajstić information content (AvgIpc) is 2.52. The van der Waals surface area contributed by atoms with Crippen LogP contribution in [0.15, 0.2) is 6.20 Å². The Morgan fingerprint density at radius 1 is 1.64 bits per heavy atom. The zero-order chi connectivity index (χ0) is 8.10. The molecule has 0 bridgehead atoms. The van der Waals surface area contributed by atoms with Gasteiger partial charge >= 0.3 is 0 Å². The van der Waals surface area contributed by atoms with Crippen molar-refractivity contribution in [3.63, 3.8) is 0 Å². The molecule has 0 atom stereocenters. The van der Waals surface area contributed by atoms with Crippen LogP contribution in [0.2, 0.25) is 0 Å². The largest absolute Gasteiger partial charge is 0.357 e. The van der Waals surface area contributed by atoms with Gasteiger partial charge in [0.1, 0.15) is 0 Å². The number of nitrogens with zero attached hydrogens (tertiary/aromatic N) is 3. The van der Waals surface area contributed by atoms with E-state index in [4.69, 9.17) is 0 Å². The lowest BCUT2D eigenvalue weighted by Gasteiger charge is -2.13. The lowest BCUT2D eigenvalue weighted by atomic mass is 10.3. The molecule has 0 unspecified atom stereocenters. The van der Waals surface area contributed by atoms with Crippen LogP contribution >= 0.6 is 0 Å². The van der Waals surface area contributed by atoms with Crippen molar-refractivity contribution < 1.29 is 0 Å². The first kappa shape index (κ1) is 8.04. The van der Waals surface area contributed by atoms with Gasteiger partial charge in [-0.05, 0) is 6.42 Å². The topological polar surface area (TPSA) is 44.8 Å². The molecule has 4 heteroatoms. The molecule has 1 rings (SSSR count). The van der Waals surface area contributed by atoms with Gasteiger partial charge in [-0.1, -0.05) is 18.6 Å². The molecule has 0 saturated carbocycles. The lowest BCUT2D eigenvalue weighted by molar-refractivity contribution is 0.757. The van der Waals surface area contributed by atoms with Gasteiger partial charge in [-0.2, -0.15) is 0 Å². The van der Waals surface area contributed by atoms with E-state index in [0.29, 0.717) is 0 Å². The Bertz CT molecular complexity index is 182. The van der Waals surface area contributed by atoms with Crippen LogP contribution in [0.5, 0.6) is 0 Å². The predicted octanol–water partition coefficient (Wildman–Crippen LogP) is 1.04. The highest BCUT2D eigenvalue weighted by atomic mass is 15.4. The second-order valence-corrected chi connectivity index (χ2v) is 2.61. The summed E-state index contributed by atoms with van der Waals surface area (Å²) in [7, 11) is 2.02. The minimum Gasteiger partial charge on any atom is -0.357 e. The molecule has 0 radical (unpaired) electrons. The summed E-state index contributed by atoms with van der Waals surface area (Å²) < 4.78 is 0. The van der Waals surface area contributed by atoms with Crippen molar-refractivity contribution in [2.45, 2.75) is 19.8 Å². The van der Waals surface area contributed by atoms with E-state index < -0.39 is 0 Å². The molecule has 0 aliphatic heterocycles. The van der Waals surface area contributed by atoms with Gasteiger partial charge < -0.3 is 4.90 Å². The molecule has 0 amide bonds. The molecule has 11 heavy (non-hydrogen) atoms. The minimum absolute atomic E-state index is 0.915. The van der Waals surface area contributed by atoms with Gasteiger partial charge in [0.2, 0.25) is 0 Å². The summed E-state index contributed by atoms with van der Waals surface area (Å²) >= 11 is 0. The number of aromatic nitrogens is 3. The SMILES string of the molecule is CCCCN(C)c1c[nH]nn1. The Morgan fingerprint density at radius 2 is 2.45 bits per heavy atom. The Kier molecular flexibility index (Phi) is 2.89. The predicted molar refractivity (Wildman–Crippen MR) is 44.6 cm³/mol. The molecule has 1 heterocycles. The molecule has 0 saturated heterocycles. The van der Waals surface area contributed by atoms with Gasteiger partial charge in [-0.15, -0.1) is 5.10 Å². The smallest absolute Gasteiger partial charge is 0.170 e. The van der Waals surface area contributed by atoms with Crippen molar-refractivity contribution in [1.82, 2.24) is 15.4 Å². The average molecular weight is 154 g/mol. The molecule has 1 N–H and O–H groups in total. The van der Waals surface area contributed by atoms with Crippen molar-refractivity contribution >= 4 is 5.82 Å². The van der Waals surface area contributed by atoms with E-state index in [1.807, 2.05) is 7.05 Å². The highest BCUT2D eigenvalue weighted by molar-refractivity contribution is 5.31. The number of H-pyrrole nitrogens is 1. The van der Waals surface area contributed by atoms with Gasteiger partial charge in [-0.25, -0.2) is 0 Å². The van der Waals surface area contributed by atoms with Crippen LogP contribution in [0.3, 0.4) is 0 Å². The first-order valence-corrected chi connectivity index (χ1v) is 3.92. The third kappa shape index (κ3) is 2.22. The summed E-state index contributed by atoms with van der Waals surface area (Å²) in [6, 6.07) is 0. The summed E-state index contributed by atoms with van der Waals surface area (Å²) in [5.74, 6) is 0.915. The zero-order valence-electron chi connectivity index (χ0n) is 7.04. The van der Waals surface area contributed by atoms with Crippen LogP contribution in [0.1, 0.15) is 19.8 Å². The number of hydrogen-bond acceptors (Lipinski definition) is 3. The molecule has 1 aromatic heterocycles. The maximum Gasteiger partial charge on any atom is 0.170 e. The Hall–Kier alpha value is -1.06. The Balaban J connectivity index is 2.36.